The zero-order chi connectivity index (χ0) is 19.9. The molecule has 0 spiro atoms. The molecule has 1 heterocycles. The Kier molecular flexibility index (Phi) is 7.48. The van der Waals surface area contributed by atoms with Crippen LogP contribution in [-0.4, -0.2) is 37.7 Å². The molecule has 1 aliphatic heterocycles. The highest BCUT2D eigenvalue weighted by molar-refractivity contribution is 6.30. The third-order valence-electron chi connectivity index (χ3n) is 6.23. The lowest BCUT2D eigenvalue weighted by atomic mass is 9.83. The standard InChI is InChI=1S/C25H33ClN2O/c26-24-9-5-20(6-10-24)18-27-12-3-15-29-25-11-8-22-16-21(4-7-23(22)17-25)19-28-13-1-2-14-28/h5-6,8-11,17,21,27H,1-4,7,12-16,18-19H2. The van der Waals surface area contributed by atoms with Crippen molar-refractivity contribution >= 4 is 11.6 Å². The first-order valence-electron chi connectivity index (χ1n) is 11.2. The van der Waals surface area contributed by atoms with Gasteiger partial charge in [0.05, 0.1) is 6.61 Å². The number of aryl methyl sites for hydroxylation is 1. The fourth-order valence-electron chi connectivity index (χ4n) is 4.60. The maximum absolute atomic E-state index is 6.01. The van der Waals surface area contributed by atoms with Crippen molar-refractivity contribution in [3.63, 3.8) is 0 Å². The summed E-state index contributed by atoms with van der Waals surface area (Å²) < 4.78 is 6.01. The molecule has 1 N–H and O–H groups in total. The van der Waals surface area contributed by atoms with E-state index in [-0.39, 0.29) is 0 Å². The zero-order valence-electron chi connectivity index (χ0n) is 17.3. The molecule has 0 saturated carbocycles. The molecule has 2 aromatic rings. The Morgan fingerprint density at radius 2 is 1.86 bits per heavy atom. The average Bonchev–Trinajstić information content (AvgIpc) is 3.25. The Morgan fingerprint density at radius 3 is 2.69 bits per heavy atom. The van der Waals surface area contributed by atoms with E-state index in [4.69, 9.17) is 16.3 Å². The van der Waals surface area contributed by atoms with E-state index in [1.165, 1.54) is 68.4 Å². The van der Waals surface area contributed by atoms with E-state index < -0.39 is 0 Å². The first-order valence-corrected chi connectivity index (χ1v) is 11.6. The molecule has 2 aromatic carbocycles. The Labute approximate surface area is 180 Å². The van der Waals surface area contributed by atoms with Crippen LogP contribution in [0.2, 0.25) is 5.02 Å². The number of nitrogens with one attached hydrogen (secondary N) is 1. The van der Waals surface area contributed by atoms with Crippen molar-refractivity contribution in [1.29, 1.82) is 0 Å². The van der Waals surface area contributed by atoms with E-state index in [1.54, 1.807) is 0 Å². The third-order valence-corrected chi connectivity index (χ3v) is 6.48. The van der Waals surface area contributed by atoms with Crippen molar-refractivity contribution < 1.29 is 4.74 Å². The SMILES string of the molecule is Clc1ccc(CNCCCOc2ccc3c(c2)CCC(CN2CCCC2)C3)cc1. The van der Waals surface area contributed by atoms with Gasteiger partial charge in [-0.25, -0.2) is 0 Å². The van der Waals surface area contributed by atoms with Gasteiger partial charge in [0, 0.05) is 18.1 Å². The molecule has 1 aliphatic carbocycles. The molecule has 1 saturated heterocycles. The fraction of sp³-hybridized carbons (Fsp3) is 0.520. The maximum atomic E-state index is 6.01. The van der Waals surface area contributed by atoms with Crippen LogP contribution < -0.4 is 10.1 Å². The summed E-state index contributed by atoms with van der Waals surface area (Å²) in [5.41, 5.74) is 4.30. The molecule has 0 aromatic heterocycles. The molecule has 29 heavy (non-hydrogen) atoms. The van der Waals surface area contributed by atoms with Crippen LogP contribution in [-0.2, 0) is 19.4 Å². The van der Waals surface area contributed by atoms with Crippen molar-refractivity contribution in [2.45, 2.75) is 45.1 Å². The maximum Gasteiger partial charge on any atom is 0.119 e. The van der Waals surface area contributed by atoms with Gasteiger partial charge in [0.2, 0.25) is 0 Å². The lowest BCUT2D eigenvalue weighted by Crippen LogP contribution is -2.30. The molecule has 0 radical (unpaired) electrons. The van der Waals surface area contributed by atoms with Crippen LogP contribution in [0.3, 0.4) is 0 Å². The van der Waals surface area contributed by atoms with E-state index in [2.05, 4.69) is 40.5 Å². The summed E-state index contributed by atoms with van der Waals surface area (Å²) in [6.45, 7) is 6.49. The first kappa shape index (κ1) is 20.7. The Bertz CT molecular complexity index is 771. The number of rotatable bonds is 9. The summed E-state index contributed by atoms with van der Waals surface area (Å²) in [6.07, 6.45) is 7.54. The van der Waals surface area contributed by atoms with Gasteiger partial charge in [-0.2, -0.15) is 0 Å². The smallest absolute Gasteiger partial charge is 0.119 e. The molecule has 1 unspecified atom stereocenters. The normalized spacial score (nSPS) is 19.3. The van der Waals surface area contributed by atoms with Gasteiger partial charge in [0.1, 0.15) is 5.75 Å². The minimum atomic E-state index is 0.754. The minimum Gasteiger partial charge on any atom is -0.494 e. The van der Waals surface area contributed by atoms with Gasteiger partial charge in [-0.1, -0.05) is 29.8 Å². The summed E-state index contributed by atoms with van der Waals surface area (Å²) in [6, 6.07) is 14.8. The van der Waals surface area contributed by atoms with Gasteiger partial charge < -0.3 is 15.0 Å². The van der Waals surface area contributed by atoms with Crippen LogP contribution in [0.15, 0.2) is 42.5 Å². The highest BCUT2D eigenvalue weighted by Crippen LogP contribution is 2.29. The molecule has 1 atom stereocenters. The van der Waals surface area contributed by atoms with E-state index in [0.29, 0.717) is 0 Å². The summed E-state index contributed by atoms with van der Waals surface area (Å²) in [4.78, 5) is 2.66. The Morgan fingerprint density at radius 1 is 1.03 bits per heavy atom. The third kappa shape index (κ3) is 6.21. The van der Waals surface area contributed by atoms with Crippen LogP contribution in [0.25, 0.3) is 0 Å². The van der Waals surface area contributed by atoms with Gasteiger partial charge in [0.25, 0.3) is 0 Å². The van der Waals surface area contributed by atoms with Crippen LogP contribution in [0.5, 0.6) is 5.75 Å². The molecule has 4 rings (SSSR count). The summed E-state index contributed by atoms with van der Waals surface area (Å²) >= 11 is 5.92. The molecule has 4 heteroatoms. The van der Waals surface area contributed by atoms with Gasteiger partial charge in [-0.05, 0) is 105 Å². The van der Waals surface area contributed by atoms with Crippen molar-refractivity contribution in [2.24, 2.45) is 5.92 Å². The van der Waals surface area contributed by atoms with E-state index >= 15 is 0 Å². The van der Waals surface area contributed by atoms with Crippen LogP contribution >= 0.6 is 11.6 Å². The number of fused-ring (bicyclic) bond motifs is 1. The predicted molar refractivity (Wildman–Crippen MR) is 121 cm³/mol. The van der Waals surface area contributed by atoms with Gasteiger partial charge >= 0.3 is 0 Å². The lowest BCUT2D eigenvalue weighted by molar-refractivity contribution is 0.261. The predicted octanol–water partition coefficient (Wildman–Crippen LogP) is 5.10. The summed E-state index contributed by atoms with van der Waals surface area (Å²) in [5, 5.41) is 4.25. The lowest BCUT2D eigenvalue weighted by Gasteiger charge is -2.28. The van der Waals surface area contributed by atoms with Crippen molar-refractivity contribution in [3.05, 3.63) is 64.2 Å². The fourth-order valence-corrected chi connectivity index (χ4v) is 4.73. The van der Waals surface area contributed by atoms with Crippen molar-refractivity contribution in [2.75, 3.05) is 32.8 Å². The number of ether oxygens (including phenoxy) is 1. The molecular formula is C25H33ClN2O. The zero-order valence-corrected chi connectivity index (χ0v) is 18.1. The van der Waals surface area contributed by atoms with Crippen molar-refractivity contribution in [1.82, 2.24) is 10.2 Å². The van der Waals surface area contributed by atoms with Gasteiger partial charge in [-0.3, -0.25) is 0 Å². The Hall–Kier alpha value is -1.55. The second-order valence-corrected chi connectivity index (χ2v) is 8.99. The summed E-state index contributed by atoms with van der Waals surface area (Å²) in [5.74, 6) is 1.86. The topological polar surface area (TPSA) is 24.5 Å². The molecular weight excluding hydrogens is 380 g/mol. The van der Waals surface area contributed by atoms with Crippen molar-refractivity contribution in [3.8, 4) is 5.75 Å². The van der Waals surface area contributed by atoms with Crippen LogP contribution in [0.4, 0.5) is 0 Å². The number of nitrogens with zero attached hydrogens (tertiary/aromatic N) is 1. The molecule has 0 bridgehead atoms. The van der Waals surface area contributed by atoms with Crippen LogP contribution in [0, 0.1) is 5.92 Å². The van der Waals surface area contributed by atoms with Crippen LogP contribution in [0.1, 0.15) is 42.4 Å². The van der Waals surface area contributed by atoms with Gasteiger partial charge in [0.15, 0.2) is 0 Å². The monoisotopic (exact) mass is 412 g/mol. The highest BCUT2D eigenvalue weighted by atomic mass is 35.5. The molecule has 1 fully saturated rings. The number of hydrogen-bond acceptors (Lipinski definition) is 3. The largest absolute Gasteiger partial charge is 0.494 e. The highest BCUT2D eigenvalue weighted by Gasteiger charge is 2.22. The summed E-state index contributed by atoms with van der Waals surface area (Å²) in [7, 11) is 0. The molecule has 0 amide bonds. The molecule has 156 valence electrons. The van der Waals surface area contributed by atoms with Gasteiger partial charge in [-0.15, -0.1) is 0 Å². The van der Waals surface area contributed by atoms with E-state index in [9.17, 15) is 0 Å². The minimum absolute atomic E-state index is 0.754. The number of hydrogen-bond donors (Lipinski definition) is 1. The van der Waals surface area contributed by atoms with E-state index in [1.807, 2.05) is 12.1 Å². The first-order chi connectivity index (χ1) is 14.3. The quantitative estimate of drug-likeness (QED) is 0.580. The molecule has 2 aliphatic rings. The second-order valence-electron chi connectivity index (χ2n) is 8.55. The second kappa shape index (κ2) is 10.5. The molecule has 3 nitrogen and oxygen atoms in total. The van der Waals surface area contributed by atoms with E-state index in [0.717, 1.165) is 42.8 Å². The number of halogens is 1. The average molecular weight is 413 g/mol. The number of benzene rings is 2. The Balaban J connectivity index is 1.15. The number of likely N-dealkylation sites (tertiary alicyclic amines) is 1.